The van der Waals surface area contributed by atoms with Crippen molar-refractivity contribution in [1.82, 2.24) is 0 Å². The van der Waals surface area contributed by atoms with Crippen LogP contribution >= 0.6 is 46.4 Å². The van der Waals surface area contributed by atoms with Gasteiger partial charge in [0.15, 0.2) is 0 Å². The lowest BCUT2D eigenvalue weighted by Gasteiger charge is -2.15. The highest BCUT2D eigenvalue weighted by Gasteiger charge is 2.41. The topological polar surface area (TPSA) is 17.1 Å². The minimum atomic E-state index is -5.09. The molecule has 0 aliphatic carbocycles. The van der Waals surface area contributed by atoms with Gasteiger partial charge in [-0.15, -0.1) is 0 Å². The third-order valence-corrected chi connectivity index (χ3v) is 3.55. The normalized spacial score (nSPS) is 11.8. The molecule has 9 heteroatoms. The van der Waals surface area contributed by atoms with Crippen molar-refractivity contribution in [2.75, 3.05) is 0 Å². The Morgan fingerprint density at radius 2 is 1.29 bits per heavy atom. The second-order valence-corrected chi connectivity index (χ2v) is 4.29. The number of carbonyl (C=O) groups excluding carboxylic acids is 1. The molecule has 0 N–H and O–H groups in total. The SMILES string of the molecule is O=C(F)c1c(Cl)c(Cl)c(Cl)c(Cl)c1C(F)(F)F. The van der Waals surface area contributed by atoms with Crippen LogP contribution in [0.5, 0.6) is 0 Å². The molecule has 0 heterocycles. The molecule has 0 spiro atoms. The molecule has 0 bridgehead atoms. The molecule has 0 fully saturated rings. The number of halogens is 8. The number of hydrogen-bond donors (Lipinski definition) is 0. The lowest BCUT2D eigenvalue weighted by atomic mass is 10.1. The molecular formula is C8Cl4F4O. The Morgan fingerprint density at radius 3 is 1.65 bits per heavy atom. The van der Waals surface area contributed by atoms with Gasteiger partial charge in [-0.25, -0.2) is 0 Å². The molecule has 1 aromatic rings. The zero-order chi connectivity index (χ0) is 13.5. The van der Waals surface area contributed by atoms with Crippen molar-refractivity contribution < 1.29 is 22.4 Å². The Kier molecular flexibility index (Phi) is 4.19. The summed E-state index contributed by atoms with van der Waals surface area (Å²) in [5.74, 6) is 0. The number of rotatable bonds is 1. The van der Waals surface area contributed by atoms with Crippen LogP contribution in [-0.4, -0.2) is 6.04 Å². The lowest BCUT2D eigenvalue weighted by Crippen LogP contribution is -2.13. The maximum absolute atomic E-state index is 12.6. The first kappa shape index (κ1) is 14.8. The van der Waals surface area contributed by atoms with Gasteiger partial charge in [0.2, 0.25) is 0 Å². The highest BCUT2D eigenvalue weighted by Crippen LogP contribution is 2.47. The predicted molar refractivity (Wildman–Crippen MR) is 56.9 cm³/mol. The van der Waals surface area contributed by atoms with Crippen molar-refractivity contribution in [2.24, 2.45) is 0 Å². The number of hydrogen-bond acceptors (Lipinski definition) is 1. The summed E-state index contributed by atoms with van der Waals surface area (Å²) in [7, 11) is 0. The minimum Gasteiger partial charge on any atom is -0.255 e. The molecule has 1 nitrogen and oxygen atoms in total. The van der Waals surface area contributed by atoms with Crippen molar-refractivity contribution in [1.29, 1.82) is 0 Å². The standard InChI is InChI=1S/C8Cl4F4O/c9-3-1(7(13)17)2(8(14,15)16)4(10)6(12)5(3)11. The van der Waals surface area contributed by atoms with Gasteiger partial charge in [0.25, 0.3) is 0 Å². The van der Waals surface area contributed by atoms with E-state index >= 15 is 0 Å². The van der Waals surface area contributed by atoms with Crippen LogP contribution in [0.25, 0.3) is 0 Å². The predicted octanol–water partition coefficient (Wildman–Crippen LogP) is 5.43. The van der Waals surface area contributed by atoms with E-state index in [4.69, 9.17) is 46.4 Å². The molecule has 0 radical (unpaired) electrons. The zero-order valence-electron chi connectivity index (χ0n) is 7.43. The summed E-state index contributed by atoms with van der Waals surface area (Å²) < 4.78 is 50.4. The summed E-state index contributed by atoms with van der Waals surface area (Å²) in [6.45, 7) is 0. The fourth-order valence-corrected chi connectivity index (χ4v) is 2.12. The van der Waals surface area contributed by atoms with Gasteiger partial charge in [-0.1, -0.05) is 46.4 Å². The second kappa shape index (κ2) is 4.80. The maximum atomic E-state index is 12.6. The van der Waals surface area contributed by atoms with E-state index in [9.17, 15) is 22.4 Å². The Hall–Kier alpha value is -0.230. The van der Waals surface area contributed by atoms with Gasteiger partial charge in [0, 0.05) is 0 Å². The van der Waals surface area contributed by atoms with Crippen LogP contribution in [0.15, 0.2) is 0 Å². The average molecular weight is 330 g/mol. The summed E-state index contributed by atoms with van der Waals surface area (Å²) in [4.78, 5) is 10.5. The van der Waals surface area contributed by atoms with Crippen molar-refractivity contribution in [3.05, 3.63) is 31.2 Å². The van der Waals surface area contributed by atoms with Crippen LogP contribution in [0.2, 0.25) is 20.1 Å². The van der Waals surface area contributed by atoms with Gasteiger partial charge in [-0.05, 0) is 0 Å². The van der Waals surface area contributed by atoms with Crippen LogP contribution in [0.3, 0.4) is 0 Å². The molecule has 0 atom stereocenters. The van der Waals surface area contributed by atoms with Crippen LogP contribution in [0, 0.1) is 0 Å². The van der Waals surface area contributed by atoms with E-state index in [0.29, 0.717) is 0 Å². The third kappa shape index (κ3) is 2.62. The molecule has 0 aliphatic heterocycles. The largest absolute Gasteiger partial charge is 0.418 e. The third-order valence-electron chi connectivity index (χ3n) is 1.75. The van der Waals surface area contributed by atoms with E-state index in [1.54, 1.807) is 0 Å². The smallest absolute Gasteiger partial charge is 0.255 e. The van der Waals surface area contributed by atoms with Crippen LogP contribution in [-0.2, 0) is 6.18 Å². The van der Waals surface area contributed by atoms with Crippen LogP contribution in [0.1, 0.15) is 15.9 Å². The summed E-state index contributed by atoms with van der Waals surface area (Å²) in [6.07, 6.45) is -5.09. The molecule has 0 amide bonds. The van der Waals surface area contributed by atoms with Crippen molar-refractivity contribution in [3.8, 4) is 0 Å². The molecule has 0 aliphatic rings. The quantitative estimate of drug-likeness (QED) is 0.290. The van der Waals surface area contributed by atoms with E-state index in [1.165, 1.54) is 0 Å². The van der Waals surface area contributed by atoms with Crippen LogP contribution < -0.4 is 0 Å². The Bertz CT molecular complexity index is 498. The monoisotopic (exact) mass is 328 g/mol. The molecule has 1 aromatic carbocycles. The number of alkyl halides is 3. The zero-order valence-corrected chi connectivity index (χ0v) is 10.5. The van der Waals surface area contributed by atoms with E-state index in [0.717, 1.165) is 0 Å². The molecular weight excluding hydrogens is 330 g/mol. The van der Waals surface area contributed by atoms with Gasteiger partial charge in [-0.3, -0.25) is 4.79 Å². The molecule has 17 heavy (non-hydrogen) atoms. The van der Waals surface area contributed by atoms with E-state index in [2.05, 4.69) is 0 Å². The van der Waals surface area contributed by atoms with Gasteiger partial charge in [0.1, 0.15) is 0 Å². The summed E-state index contributed by atoms with van der Waals surface area (Å²) in [5, 5.41) is -3.32. The fourth-order valence-electron chi connectivity index (χ4n) is 1.08. The first-order valence-electron chi connectivity index (χ1n) is 3.72. The highest BCUT2D eigenvalue weighted by molar-refractivity contribution is 6.53. The minimum absolute atomic E-state index is 0.618. The molecule has 0 saturated heterocycles. The Labute approximate surface area is 112 Å². The van der Waals surface area contributed by atoms with Crippen molar-refractivity contribution in [2.45, 2.75) is 6.18 Å². The highest BCUT2D eigenvalue weighted by atomic mass is 35.5. The first-order valence-corrected chi connectivity index (χ1v) is 5.23. The van der Waals surface area contributed by atoms with E-state index < -0.39 is 43.4 Å². The Balaban J connectivity index is 3.86. The molecule has 0 aromatic heterocycles. The lowest BCUT2D eigenvalue weighted by molar-refractivity contribution is -0.137. The summed E-state index contributed by atoms with van der Waals surface area (Å²) in [5.41, 5.74) is -3.19. The van der Waals surface area contributed by atoms with Gasteiger partial charge < -0.3 is 0 Å². The van der Waals surface area contributed by atoms with Crippen molar-refractivity contribution in [3.63, 3.8) is 0 Å². The van der Waals surface area contributed by atoms with E-state index in [1.807, 2.05) is 0 Å². The fraction of sp³-hybridized carbons (Fsp3) is 0.125. The van der Waals surface area contributed by atoms with Gasteiger partial charge >= 0.3 is 12.2 Å². The second-order valence-electron chi connectivity index (χ2n) is 2.78. The van der Waals surface area contributed by atoms with Gasteiger partial charge in [-0.2, -0.15) is 17.6 Å². The first-order chi connectivity index (χ1) is 7.59. The van der Waals surface area contributed by atoms with Gasteiger partial charge in [0.05, 0.1) is 31.2 Å². The summed E-state index contributed by atoms with van der Waals surface area (Å²) >= 11 is 21.4. The molecule has 0 saturated carbocycles. The van der Waals surface area contributed by atoms with E-state index in [-0.39, 0.29) is 0 Å². The van der Waals surface area contributed by atoms with Crippen molar-refractivity contribution >= 4 is 52.4 Å². The van der Waals surface area contributed by atoms with Crippen LogP contribution in [0.4, 0.5) is 17.6 Å². The molecule has 0 unspecified atom stereocenters. The Morgan fingerprint density at radius 1 is 0.882 bits per heavy atom. The number of benzene rings is 1. The maximum Gasteiger partial charge on any atom is 0.418 e. The molecule has 1 rings (SSSR count). The summed E-state index contributed by atoms with van der Waals surface area (Å²) in [6, 6.07) is -2.40. The average Bonchev–Trinajstić information content (AvgIpc) is 2.17. The molecule has 94 valence electrons. The number of carbonyl (C=O) groups is 1.